The van der Waals surface area contributed by atoms with Crippen molar-refractivity contribution in [3.63, 3.8) is 0 Å². The molecule has 0 radical (unpaired) electrons. The van der Waals surface area contributed by atoms with Crippen molar-refractivity contribution < 1.29 is 24.2 Å². The van der Waals surface area contributed by atoms with Crippen LogP contribution in [0, 0.1) is 11.8 Å². The fourth-order valence-electron chi connectivity index (χ4n) is 4.51. The molecule has 2 amide bonds. The van der Waals surface area contributed by atoms with E-state index < -0.39 is 17.6 Å². The minimum Gasteiger partial charge on any atom is -0.481 e. The fraction of sp³-hybridized carbons (Fsp3) is 0.423. The highest BCUT2D eigenvalue weighted by molar-refractivity contribution is 5.79. The number of carbonyl (C=O) groups is 3. The van der Waals surface area contributed by atoms with Gasteiger partial charge in [-0.15, -0.1) is 0 Å². The molecule has 0 bridgehead atoms. The Kier molecular flexibility index (Phi) is 6.40. The van der Waals surface area contributed by atoms with Crippen molar-refractivity contribution in [3.05, 3.63) is 59.7 Å². The molecule has 33 heavy (non-hydrogen) atoms. The van der Waals surface area contributed by atoms with Gasteiger partial charge in [-0.1, -0.05) is 48.5 Å². The van der Waals surface area contributed by atoms with Gasteiger partial charge in [0.25, 0.3) is 0 Å². The zero-order chi connectivity index (χ0) is 23.6. The Morgan fingerprint density at radius 3 is 2.21 bits per heavy atom. The van der Waals surface area contributed by atoms with Gasteiger partial charge in [-0.2, -0.15) is 0 Å². The summed E-state index contributed by atoms with van der Waals surface area (Å²) in [7, 11) is 0. The van der Waals surface area contributed by atoms with Crippen molar-refractivity contribution in [2.24, 2.45) is 11.8 Å². The molecular formula is C26H30N2O5. The van der Waals surface area contributed by atoms with Crippen LogP contribution in [-0.4, -0.2) is 41.8 Å². The van der Waals surface area contributed by atoms with Gasteiger partial charge < -0.3 is 20.5 Å². The van der Waals surface area contributed by atoms with Crippen molar-refractivity contribution in [2.75, 3.05) is 13.2 Å². The molecule has 1 saturated carbocycles. The van der Waals surface area contributed by atoms with E-state index in [9.17, 15) is 14.4 Å². The number of amides is 2. The lowest BCUT2D eigenvalue weighted by molar-refractivity contribution is -0.139. The van der Waals surface area contributed by atoms with Crippen LogP contribution in [0.2, 0.25) is 0 Å². The van der Waals surface area contributed by atoms with E-state index in [4.69, 9.17) is 9.84 Å². The standard InChI is InChI=1S/C26H30N2O5/c1-26(2,12-11-23(29)27-14-16-13-21(16)24(30)31)28-25(32)33-15-22-19-9-5-3-7-17(19)18-8-4-6-10-20(18)22/h3-10,16,21-22H,11-15H2,1-2H3,(H,27,29)(H,28,32)(H,30,31)/t16-,21-/m1/s1. The summed E-state index contributed by atoms with van der Waals surface area (Å²) in [4.78, 5) is 35.5. The van der Waals surface area contributed by atoms with Gasteiger partial charge in [0.1, 0.15) is 6.61 Å². The lowest BCUT2D eigenvalue weighted by Crippen LogP contribution is -2.44. The van der Waals surface area contributed by atoms with Crippen molar-refractivity contribution >= 4 is 18.0 Å². The monoisotopic (exact) mass is 450 g/mol. The normalized spacial score (nSPS) is 18.7. The van der Waals surface area contributed by atoms with Gasteiger partial charge in [0.15, 0.2) is 0 Å². The zero-order valence-electron chi connectivity index (χ0n) is 19.0. The summed E-state index contributed by atoms with van der Waals surface area (Å²) in [6.45, 7) is 4.32. The maximum Gasteiger partial charge on any atom is 0.407 e. The summed E-state index contributed by atoms with van der Waals surface area (Å²) in [6.07, 6.45) is 0.784. The molecule has 2 aliphatic carbocycles. The Morgan fingerprint density at radius 1 is 1.03 bits per heavy atom. The van der Waals surface area contributed by atoms with Crippen LogP contribution in [0.25, 0.3) is 11.1 Å². The first-order chi connectivity index (χ1) is 15.7. The molecule has 2 aromatic carbocycles. The van der Waals surface area contributed by atoms with E-state index in [2.05, 4.69) is 34.9 Å². The second-order valence-corrected chi connectivity index (χ2v) is 9.58. The number of carboxylic acid groups (broad SMARTS) is 1. The van der Waals surface area contributed by atoms with E-state index in [-0.39, 0.29) is 36.7 Å². The molecule has 2 aliphatic rings. The summed E-state index contributed by atoms with van der Waals surface area (Å²) < 4.78 is 5.60. The Labute approximate surface area is 193 Å². The van der Waals surface area contributed by atoms with E-state index in [1.807, 2.05) is 38.1 Å². The van der Waals surface area contributed by atoms with E-state index >= 15 is 0 Å². The van der Waals surface area contributed by atoms with Crippen molar-refractivity contribution in [3.8, 4) is 11.1 Å². The highest BCUT2D eigenvalue weighted by Gasteiger charge is 2.43. The number of nitrogens with one attached hydrogen (secondary N) is 2. The molecule has 174 valence electrons. The summed E-state index contributed by atoms with van der Waals surface area (Å²) in [5, 5.41) is 14.6. The second-order valence-electron chi connectivity index (χ2n) is 9.58. The minimum absolute atomic E-state index is 0.00547. The molecule has 0 spiro atoms. The Balaban J connectivity index is 1.24. The third kappa shape index (κ3) is 5.35. The molecule has 2 atom stereocenters. The number of benzene rings is 2. The Bertz CT molecular complexity index is 1020. The third-order valence-electron chi connectivity index (χ3n) is 6.56. The molecule has 0 unspecified atom stereocenters. The molecule has 7 nitrogen and oxygen atoms in total. The van der Waals surface area contributed by atoms with Crippen LogP contribution in [0.3, 0.4) is 0 Å². The van der Waals surface area contributed by atoms with Crippen LogP contribution in [0.4, 0.5) is 4.79 Å². The number of fused-ring (bicyclic) bond motifs is 3. The summed E-state index contributed by atoms with van der Waals surface area (Å²) >= 11 is 0. The van der Waals surface area contributed by atoms with Crippen molar-refractivity contribution in [2.45, 2.75) is 44.6 Å². The third-order valence-corrected chi connectivity index (χ3v) is 6.56. The number of ether oxygens (including phenoxy) is 1. The molecule has 0 aromatic heterocycles. The van der Waals surface area contributed by atoms with E-state index in [1.54, 1.807) is 0 Å². The van der Waals surface area contributed by atoms with Crippen LogP contribution in [0.1, 0.15) is 50.2 Å². The number of rotatable bonds is 9. The topological polar surface area (TPSA) is 105 Å². The summed E-state index contributed by atoms with van der Waals surface area (Å²) in [6, 6.07) is 16.3. The van der Waals surface area contributed by atoms with E-state index in [0.29, 0.717) is 19.4 Å². The first kappa shape index (κ1) is 22.8. The van der Waals surface area contributed by atoms with Crippen molar-refractivity contribution in [1.82, 2.24) is 10.6 Å². The highest BCUT2D eigenvalue weighted by Crippen LogP contribution is 2.44. The fourth-order valence-corrected chi connectivity index (χ4v) is 4.51. The van der Waals surface area contributed by atoms with Crippen LogP contribution in [0.5, 0.6) is 0 Å². The number of alkyl carbamates (subject to hydrolysis) is 1. The molecule has 0 heterocycles. The summed E-state index contributed by atoms with van der Waals surface area (Å²) in [5.41, 5.74) is 4.04. The van der Waals surface area contributed by atoms with Crippen molar-refractivity contribution in [1.29, 1.82) is 0 Å². The van der Waals surface area contributed by atoms with Gasteiger partial charge in [0.2, 0.25) is 5.91 Å². The molecular weight excluding hydrogens is 420 g/mol. The first-order valence-electron chi connectivity index (χ1n) is 11.4. The van der Waals surface area contributed by atoms with E-state index in [0.717, 1.165) is 11.1 Å². The largest absolute Gasteiger partial charge is 0.481 e. The SMILES string of the molecule is CC(C)(CCC(=O)NC[C@H]1C[C@H]1C(=O)O)NC(=O)OCC1c2ccccc2-c2ccccc21. The molecule has 4 rings (SSSR count). The average Bonchev–Trinajstić information content (AvgIpc) is 3.50. The number of carboxylic acids is 1. The van der Waals surface area contributed by atoms with Crippen LogP contribution in [0.15, 0.2) is 48.5 Å². The predicted molar refractivity (Wildman–Crippen MR) is 124 cm³/mol. The van der Waals surface area contributed by atoms with Crippen LogP contribution < -0.4 is 10.6 Å². The van der Waals surface area contributed by atoms with Gasteiger partial charge in [-0.3, -0.25) is 9.59 Å². The quantitative estimate of drug-likeness (QED) is 0.537. The molecule has 1 fully saturated rings. The lowest BCUT2D eigenvalue weighted by atomic mass is 9.98. The minimum atomic E-state index is -0.803. The number of aliphatic carboxylic acids is 1. The average molecular weight is 451 g/mol. The number of carbonyl (C=O) groups excluding carboxylic acids is 2. The maximum absolute atomic E-state index is 12.5. The molecule has 2 aromatic rings. The van der Waals surface area contributed by atoms with Gasteiger partial charge in [-0.25, -0.2) is 4.79 Å². The van der Waals surface area contributed by atoms with Gasteiger partial charge in [-0.05, 0) is 54.9 Å². The highest BCUT2D eigenvalue weighted by atomic mass is 16.5. The van der Waals surface area contributed by atoms with Crippen LogP contribution >= 0.6 is 0 Å². The number of hydrogen-bond acceptors (Lipinski definition) is 4. The Hall–Kier alpha value is -3.35. The van der Waals surface area contributed by atoms with E-state index in [1.165, 1.54) is 11.1 Å². The van der Waals surface area contributed by atoms with Gasteiger partial charge >= 0.3 is 12.1 Å². The molecule has 7 heteroatoms. The maximum atomic E-state index is 12.5. The lowest BCUT2D eigenvalue weighted by Gasteiger charge is -2.26. The number of hydrogen-bond donors (Lipinski definition) is 3. The second kappa shape index (κ2) is 9.25. The van der Waals surface area contributed by atoms with Crippen LogP contribution in [-0.2, 0) is 14.3 Å². The predicted octanol–water partition coefficient (Wildman–Crippen LogP) is 3.92. The Morgan fingerprint density at radius 2 is 1.64 bits per heavy atom. The smallest absolute Gasteiger partial charge is 0.407 e. The summed E-state index contributed by atoms with van der Waals surface area (Å²) in [5.74, 6) is -1.26. The molecule has 3 N–H and O–H groups in total. The van der Waals surface area contributed by atoms with Gasteiger partial charge in [0.05, 0.1) is 5.92 Å². The zero-order valence-corrected chi connectivity index (χ0v) is 19.0. The van der Waals surface area contributed by atoms with Gasteiger partial charge in [0, 0.05) is 24.4 Å². The molecule has 0 saturated heterocycles. The molecule has 0 aliphatic heterocycles. The first-order valence-corrected chi connectivity index (χ1v) is 11.4.